The minimum absolute atomic E-state index is 0.259. The highest BCUT2D eigenvalue weighted by Gasteiger charge is 2.35. The second-order valence-corrected chi connectivity index (χ2v) is 4.70. The van der Waals surface area contributed by atoms with Gasteiger partial charge in [0.25, 0.3) is 0 Å². The zero-order valence-corrected chi connectivity index (χ0v) is 12.2. The summed E-state index contributed by atoms with van der Waals surface area (Å²) in [5, 5.41) is 10.1. The lowest BCUT2D eigenvalue weighted by atomic mass is 10.0. The Morgan fingerprint density at radius 2 is 1.89 bits per heavy atom. The van der Waals surface area contributed by atoms with Gasteiger partial charge in [0.1, 0.15) is 0 Å². The van der Waals surface area contributed by atoms with Crippen molar-refractivity contribution in [1.82, 2.24) is 4.90 Å². The Hall–Kier alpha value is -0.650. The van der Waals surface area contributed by atoms with E-state index in [0.717, 1.165) is 12.8 Å². The summed E-state index contributed by atoms with van der Waals surface area (Å²) in [4.78, 5) is 13.6. The van der Waals surface area contributed by atoms with Gasteiger partial charge in [-0.3, -0.25) is 4.90 Å². The van der Waals surface area contributed by atoms with Crippen LogP contribution in [0.4, 0.5) is 0 Å². The number of methoxy groups -OCH3 is 2. The van der Waals surface area contributed by atoms with Gasteiger partial charge in [0.05, 0.1) is 13.7 Å². The summed E-state index contributed by atoms with van der Waals surface area (Å²) in [6.45, 7) is 7.21. The highest BCUT2D eigenvalue weighted by molar-refractivity contribution is 5.78. The van der Waals surface area contributed by atoms with E-state index >= 15 is 0 Å². The SMILES string of the molecule is CCC(CC)N(CCOC)CC(C)(O)C(=O)OC. The summed E-state index contributed by atoms with van der Waals surface area (Å²) in [6.07, 6.45) is 1.94. The number of carbonyl (C=O) groups excluding carboxylic acids is 1. The summed E-state index contributed by atoms with van der Waals surface area (Å²) in [5.74, 6) is -0.601. The van der Waals surface area contributed by atoms with E-state index in [1.54, 1.807) is 7.11 Å². The van der Waals surface area contributed by atoms with Gasteiger partial charge in [-0.05, 0) is 19.8 Å². The van der Waals surface area contributed by atoms with E-state index in [9.17, 15) is 9.90 Å². The van der Waals surface area contributed by atoms with Crippen LogP contribution in [0.25, 0.3) is 0 Å². The average molecular weight is 261 g/mol. The Morgan fingerprint density at radius 1 is 1.33 bits per heavy atom. The van der Waals surface area contributed by atoms with Crippen LogP contribution in [0.3, 0.4) is 0 Å². The van der Waals surface area contributed by atoms with Gasteiger partial charge < -0.3 is 14.6 Å². The summed E-state index contributed by atoms with van der Waals surface area (Å²) in [5.41, 5.74) is -1.48. The van der Waals surface area contributed by atoms with Gasteiger partial charge in [-0.15, -0.1) is 0 Å². The van der Waals surface area contributed by atoms with Crippen molar-refractivity contribution in [1.29, 1.82) is 0 Å². The Kier molecular flexibility index (Phi) is 8.15. The summed E-state index contributed by atoms with van der Waals surface area (Å²) >= 11 is 0. The molecular weight excluding hydrogens is 234 g/mol. The number of hydrogen-bond acceptors (Lipinski definition) is 5. The molecule has 0 aliphatic rings. The van der Waals surface area contributed by atoms with Gasteiger partial charge in [-0.2, -0.15) is 0 Å². The minimum atomic E-state index is -1.48. The maximum Gasteiger partial charge on any atom is 0.338 e. The normalized spacial score (nSPS) is 14.9. The lowest BCUT2D eigenvalue weighted by molar-refractivity contribution is -0.163. The number of rotatable bonds is 9. The molecule has 108 valence electrons. The number of hydrogen-bond donors (Lipinski definition) is 1. The maximum atomic E-state index is 11.5. The van der Waals surface area contributed by atoms with Crippen molar-refractivity contribution in [2.45, 2.75) is 45.3 Å². The monoisotopic (exact) mass is 261 g/mol. The van der Waals surface area contributed by atoms with Crippen molar-refractivity contribution in [3.63, 3.8) is 0 Å². The van der Waals surface area contributed by atoms with Crippen LogP contribution in [-0.4, -0.2) is 61.5 Å². The molecule has 0 aliphatic heterocycles. The molecule has 0 heterocycles. The number of aliphatic hydroxyl groups is 1. The Balaban J connectivity index is 4.70. The van der Waals surface area contributed by atoms with Gasteiger partial charge in [0, 0.05) is 26.2 Å². The fourth-order valence-corrected chi connectivity index (χ4v) is 2.08. The lowest BCUT2D eigenvalue weighted by Crippen LogP contribution is -2.51. The van der Waals surface area contributed by atoms with E-state index in [-0.39, 0.29) is 6.54 Å². The zero-order chi connectivity index (χ0) is 14.2. The van der Waals surface area contributed by atoms with Crippen LogP contribution >= 0.6 is 0 Å². The van der Waals surface area contributed by atoms with Crippen LogP contribution in [-0.2, 0) is 14.3 Å². The predicted molar refractivity (Wildman–Crippen MR) is 70.5 cm³/mol. The van der Waals surface area contributed by atoms with E-state index in [1.165, 1.54) is 14.0 Å². The van der Waals surface area contributed by atoms with E-state index in [0.29, 0.717) is 19.2 Å². The third kappa shape index (κ3) is 5.33. The first kappa shape index (κ1) is 17.4. The van der Waals surface area contributed by atoms with Crippen molar-refractivity contribution in [2.24, 2.45) is 0 Å². The molecule has 0 spiro atoms. The second kappa shape index (κ2) is 8.45. The fourth-order valence-electron chi connectivity index (χ4n) is 2.08. The van der Waals surface area contributed by atoms with Crippen molar-refractivity contribution in [2.75, 3.05) is 33.9 Å². The smallest absolute Gasteiger partial charge is 0.338 e. The van der Waals surface area contributed by atoms with Gasteiger partial charge in [0.2, 0.25) is 0 Å². The van der Waals surface area contributed by atoms with E-state index in [4.69, 9.17) is 4.74 Å². The first-order chi connectivity index (χ1) is 8.42. The van der Waals surface area contributed by atoms with Crippen LogP contribution in [0.5, 0.6) is 0 Å². The maximum absolute atomic E-state index is 11.5. The highest BCUT2D eigenvalue weighted by Crippen LogP contribution is 2.15. The van der Waals surface area contributed by atoms with E-state index in [1.807, 2.05) is 0 Å². The van der Waals surface area contributed by atoms with Gasteiger partial charge in [-0.1, -0.05) is 13.8 Å². The third-order valence-electron chi connectivity index (χ3n) is 3.18. The van der Waals surface area contributed by atoms with Crippen LogP contribution in [0.2, 0.25) is 0 Å². The topological polar surface area (TPSA) is 59.0 Å². The molecule has 0 aliphatic carbocycles. The molecule has 5 nitrogen and oxygen atoms in total. The van der Waals surface area contributed by atoms with Crippen LogP contribution < -0.4 is 0 Å². The fraction of sp³-hybridized carbons (Fsp3) is 0.923. The molecule has 0 fully saturated rings. The molecule has 1 unspecified atom stereocenters. The standard InChI is InChI=1S/C13H27NO4/c1-6-11(7-2)14(8-9-17-4)10-13(3,16)12(15)18-5/h11,16H,6-10H2,1-5H3. The molecule has 0 rings (SSSR count). The Morgan fingerprint density at radius 3 is 2.28 bits per heavy atom. The average Bonchev–Trinajstić information content (AvgIpc) is 2.35. The summed E-state index contributed by atoms with van der Waals surface area (Å²) in [6, 6.07) is 0.330. The first-order valence-electron chi connectivity index (χ1n) is 6.46. The van der Waals surface area contributed by atoms with Crippen LogP contribution in [0.1, 0.15) is 33.6 Å². The molecule has 0 aromatic rings. The second-order valence-electron chi connectivity index (χ2n) is 4.70. The molecule has 0 bridgehead atoms. The van der Waals surface area contributed by atoms with Gasteiger partial charge in [0.15, 0.2) is 5.60 Å². The zero-order valence-electron chi connectivity index (χ0n) is 12.2. The number of esters is 1. The molecule has 0 aromatic heterocycles. The van der Waals surface area contributed by atoms with Crippen molar-refractivity contribution in [3.8, 4) is 0 Å². The first-order valence-corrected chi connectivity index (χ1v) is 6.46. The lowest BCUT2D eigenvalue weighted by Gasteiger charge is -2.34. The molecular formula is C13H27NO4. The van der Waals surface area contributed by atoms with Crippen molar-refractivity contribution >= 4 is 5.97 Å². The number of carbonyl (C=O) groups is 1. The van der Waals surface area contributed by atoms with Gasteiger partial charge in [-0.25, -0.2) is 4.79 Å². The largest absolute Gasteiger partial charge is 0.467 e. The molecule has 0 aromatic carbocycles. The summed E-state index contributed by atoms with van der Waals surface area (Å²) in [7, 11) is 2.93. The van der Waals surface area contributed by atoms with E-state index in [2.05, 4.69) is 23.5 Å². The number of ether oxygens (including phenoxy) is 2. The molecule has 0 amide bonds. The Labute approximate surface area is 110 Å². The minimum Gasteiger partial charge on any atom is -0.467 e. The van der Waals surface area contributed by atoms with Crippen molar-refractivity contribution in [3.05, 3.63) is 0 Å². The molecule has 5 heteroatoms. The molecule has 1 atom stereocenters. The molecule has 18 heavy (non-hydrogen) atoms. The quantitative estimate of drug-likeness (QED) is 0.629. The predicted octanol–water partition coefficient (Wildman–Crippen LogP) is 1.05. The molecule has 0 saturated carbocycles. The summed E-state index contributed by atoms with van der Waals surface area (Å²) < 4.78 is 9.69. The highest BCUT2D eigenvalue weighted by atomic mass is 16.5. The molecule has 0 radical (unpaired) electrons. The third-order valence-corrected chi connectivity index (χ3v) is 3.18. The van der Waals surface area contributed by atoms with Gasteiger partial charge >= 0.3 is 5.97 Å². The number of nitrogens with zero attached hydrogens (tertiary/aromatic N) is 1. The molecule has 0 saturated heterocycles. The van der Waals surface area contributed by atoms with E-state index < -0.39 is 11.6 Å². The Bertz CT molecular complexity index is 239. The van der Waals surface area contributed by atoms with Crippen LogP contribution in [0, 0.1) is 0 Å². The molecule has 1 N–H and O–H groups in total. The van der Waals surface area contributed by atoms with Crippen molar-refractivity contribution < 1.29 is 19.4 Å². The van der Waals surface area contributed by atoms with Crippen LogP contribution in [0.15, 0.2) is 0 Å².